The Morgan fingerprint density at radius 1 is 1.00 bits per heavy atom. The second kappa shape index (κ2) is 8.09. The molecule has 2 aromatic carbocycles. The highest BCUT2D eigenvalue weighted by atomic mass is 16.5. The van der Waals surface area contributed by atoms with Crippen molar-refractivity contribution in [1.29, 1.82) is 0 Å². The number of benzene rings is 2. The summed E-state index contributed by atoms with van der Waals surface area (Å²) in [6, 6.07) is 11.8. The maximum Gasteiger partial charge on any atom is 0.331 e. The Morgan fingerprint density at radius 2 is 1.74 bits per heavy atom. The van der Waals surface area contributed by atoms with Gasteiger partial charge in [-0.05, 0) is 42.7 Å². The number of hydrogen-bond acceptors (Lipinski definition) is 5. The van der Waals surface area contributed by atoms with Gasteiger partial charge in [-0.2, -0.15) is 0 Å². The van der Waals surface area contributed by atoms with Crippen LogP contribution in [0.4, 0.5) is 0 Å². The predicted octanol–water partition coefficient (Wildman–Crippen LogP) is 1.70. The minimum atomic E-state index is -0.484. The summed E-state index contributed by atoms with van der Waals surface area (Å²) < 4.78 is 7.71. The summed E-state index contributed by atoms with van der Waals surface area (Å²) >= 11 is 0. The number of rotatable bonds is 7. The van der Waals surface area contributed by atoms with Crippen LogP contribution >= 0.6 is 0 Å². The molecule has 3 aromatic rings. The molecule has 0 aliphatic heterocycles. The number of aliphatic hydroxyl groups excluding tert-OH is 1. The number of aromatic nitrogens is 2. The van der Waals surface area contributed by atoms with Gasteiger partial charge in [0.15, 0.2) is 0 Å². The lowest BCUT2D eigenvalue weighted by molar-refractivity contribution is 0.281. The van der Waals surface area contributed by atoms with Crippen molar-refractivity contribution in [3.63, 3.8) is 0 Å². The Balaban J connectivity index is 2.14. The fourth-order valence-corrected chi connectivity index (χ4v) is 3.10. The largest absolute Gasteiger partial charge is 0.506 e. The first kappa shape index (κ1) is 18.7. The van der Waals surface area contributed by atoms with Gasteiger partial charge in [-0.15, -0.1) is 0 Å². The number of aryl methyl sites for hydroxylation is 1. The first-order valence-electron chi connectivity index (χ1n) is 8.76. The van der Waals surface area contributed by atoms with Gasteiger partial charge in [-0.3, -0.25) is 13.9 Å². The normalized spacial score (nSPS) is 11.0. The number of nitrogens with zero attached hydrogens (tertiary/aromatic N) is 2. The fraction of sp³-hybridized carbons (Fsp3) is 0.300. The molecule has 7 heteroatoms. The predicted molar refractivity (Wildman–Crippen MR) is 103 cm³/mol. The number of hydrogen-bond donors (Lipinski definition) is 2. The zero-order chi connectivity index (χ0) is 19.4. The summed E-state index contributed by atoms with van der Waals surface area (Å²) in [5, 5.41) is 19.5. The first-order valence-corrected chi connectivity index (χ1v) is 8.76. The van der Waals surface area contributed by atoms with Crippen molar-refractivity contribution in [3.8, 4) is 11.5 Å². The molecule has 1 heterocycles. The van der Waals surface area contributed by atoms with Crippen LogP contribution in [0.1, 0.15) is 18.4 Å². The first-order chi connectivity index (χ1) is 13.1. The minimum Gasteiger partial charge on any atom is -0.506 e. The molecule has 0 bridgehead atoms. The highest BCUT2D eigenvalue weighted by Crippen LogP contribution is 2.21. The molecule has 7 nitrogen and oxygen atoms in total. The van der Waals surface area contributed by atoms with Gasteiger partial charge in [0, 0.05) is 13.2 Å². The smallest absolute Gasteiger partial charge is 0.331 e. The van der Waals surface area contributed by atoms with E-state index >= 15 is 0 Å². The maximum atomic E-state index is 13.0. The molecule has 3 rings (SSSR count). The minimum absolute atomic E-state index is 0.0180. The van der Waals surface area contributed by atoms with Gasteiger partial charge in [-0.1, -0.05) is 18.2 Å². The molecule has 142 valence electrons. The van der Waals surface area contributed by atoms with E-state index < -0.39 is 11.2 Å². The van der Waals surface area contributed by atoms with Crippen molar-refractivity contribution in [2.45, 2.75) is 25.9 Å². The average Bonchev–Trinajstić information content (AvgIpc) is 2.68. The second-order valence-electron chi connectivity index (χ2n) is 6.28. The third-order valence-corrected chi connectivity index (χ3v) is 4.51. The van der Waals surface area contributed by atoms with Crippen LogP contribution in [0.25, 0.3) is 10.9 Å². The van der Waals surface area contributed by atoms with Gasteiger partial charge in [0.2, 0.25) is 0 Å². The summed E-state index contributed by atoms with van der Waals surface area (Å²) in [4.78, 5) is 25.9. The molecule has 0 aliphatic carbocycles. The molecule has 0 amide bonds. The van der Waals surface area contributed by atoms with Crippen LogP contribution in [0.15, 0.2) is 52.1 Å². The molecule has 1 aromatic heterocycles. The van der Waals surface area contributed by atoms with Crippen molar-refractivity contribution in [1.82, 2.24) is 9.13 Å². The van der Waals surface area contributed by atoms with Crippen molar-refractivity contribution in [2.24, 2.45) is 0 Å². The number of methoxy groups -OCH3 is 1. The Hall–Kier alpha value is -3.06. The number of unbranched alkanes of at least 4 members (excludes halogenated alkanes) is 1. The van der Waals surface area contributed by atoms with Crippen LogP contribution in [0.2, 0.25) is 0 Å². The number of para-hydroxylation sites is 1. The SMILES string of the molecule is COc1ccc(Cn2c(=O)c3cccc(O)c3n(CCCCO)c2=O)cc1. The fourth-order valence-electron chi connectivity index (χ4n) is 3.10. The molecule has 0 fully saturated rings. The molecule has 0 aliphatic rings. The lowest BCUT2D eigenvalue weighted by Gasteiger charge is -2.15. The Bertz CT molecular complexity index is 1050. The van der Waals surface area contributed by atoms with Gasteiger partial charge in [0.05, 0.1) is 19.0 Å². The van der Waals surface area contributed by atoms with E-state index in [1.165, 1.54) is 15.2 Å². The van der Waals surface area contributed by atoms with Crippen molar-refractivity contribution < 1.29 is 14.9 Å². The number of phenols is 1. The van der Waals surface area contributed by atoms with E-state index in [1.54, 1.807) is 43.5 Å². The number of ether oxygens (including phenoxy) is 1. The number of aromatic hydroxyl groups is 1. The molecule has 2 N–H and O–H groups in total. The summed E-state index contributed by atoms with van der Waals surface area (Å²) in [7, 11) is 1.57. The average molecular weight is 370 g/mol. The summed E-state index contributed by atoms with van der Waals surface area (Å²) in [6.45, 7) is 0.438. The number of aliphatic hydroxyl groups is 1. The molecule has 0 spiro atoms. The van der Waals surface area contributed by atoms with E-state index in [9.17, 15) is 14.7 Å². The van der Waals surface area contributed by atoms with Gasteiger partial charge in [0.1, 0.15) is 17.0 Å². The molecule has 0 atom stereocenters. The van der Waals surface area contributed by atoms with Crippen LogP contribution in [0, 0.1) is 0 Å². The maximum absolute atomic E-state index is 13.0. The van der Waals surface area contributed by atoms with Crippen molar-refractivity contribution in [3.05, 3.63) is 68.9 Å². The van der Waals surface area contributed by atoms with Gasteiger partial charge in [0.25, 0.3) is 5.56 Å². The lowest BCUT2D eigenvalue weighted by atomic mass is 10.2. The quantitative estimate of drug-likeness (QED) is 0.618. The van der Waals surface area contributed by atoms with Crippen LogP contribution in [0.3, 0.4) is 0 Å². The standard InChI is InChI=1S/C20H22N2O5/c1-27-15-9-7-14(8-10-15)13-22-19(25)16-5-4-6-17(24)18(16)21(20(22)26)11-2-3-12-23/h4-10,23-24H,2-3,11-13H2,1H3. The summed E-state index contributed by atoms with van der Waals surface area (Å²) in [5.74, 6) is 0.582. The molecule has 0 saturated carbocycles. The van der Waals surface area contributed by atoms with Crippen LogP contribution in [-0.4, -0.2) is 33.1 Å². The summed E-state index contributed by atoms with van der Waals surface area (Å²) in [5.41, 5.74) is 0.0933. The third-order valence-electron chi connectivity index (χ3n) is 4.51. The third kappa shape index (κ3) is 3.73. The zero-order valence-electron chi connectivity index (χ0n) is 15.1. The lowest BCUT2D eigenvalue weighted by Crippen LogP contribution is -2.40. The second-order valence-corrected chi connectivity index (χ2v) is 6.28. The Morgan fingerprint density at radius 3 is 2.41 bits per heavy atom. The highest BCUT2D eigenvalue weighted by Gasteiger charge is 2.16. The van der Waals surface area contributed by atoms with Crippen LogP contribution < -0.4 is 16.0 Å². The van der Waals surface area contributed by atoms with Gasteiger partial charge >= 0.3 is 5.69 Å². The van der Waals surface area contributed by atoms with Gasteiger partial charge < -0.3 is 14.9 Å². The highest BCUT2D eigenvalue weighted by molar-refractivity contribution is 5.83. The molecule has 0 saturated heterocycles. The molecule has 0 unspecified atom stereocenters. The molecular formula is C20H22N2O5. The molecular weight excluding hydrogens is 348 g/mol. The van der Waals surface area contributed by atoms with Crippen LogP contribution in [-0.2, 0) is 13.1 Å². The molecule has 0 radical (unpaired) electrons. The molecule has 27 heavy (non-hydrogen) atoms. The number of phenolic OH excluding ortho intramolecular Hbond substituents is 1. The Kier molecular flexibility index (Phi) is 5.61. The van der Waals surface area contributed by atoms with E-state index in [1.807, 2.05) is 0 Å². The summed E-state index contributed by atoms with van der Waals surface area (Å²) in [6.07, 6.45) is 1.08. The van der Waals surface area contributed by atoms with Gasteiger partial charge in [-0.25, -0.2) is 4.79 Å². The van der Waals surface area contributed by atoms with Crippen LogP contribution in [0.5, 0.6) is 11.5 Å². The zero-order valence-corrected chi connectivity index (χ0v) is 15.1. The van der Waals surface area contributed by atoms with Crippen molar-refractivity contribution in [2.75, 3.05) is 13.7 Å². The Labute approximate surface area is 155 Å². The van der Waals surface area contributed by atoms with E-state index in [0.29, 0.717) is 25.1 Å². The van der Waals surface area contributed by atoms with E-state index in [0.717, 1.165) is 5.56 Å². The number of fused-ring (bicyclic) bond motifs is 1. The van der Waals surface area contributed by atoms with E-state index in [2.05, 4.69) is 0 Å². The van der Waals surface area contributed by atoms with E-state index in [4.69, 9.17) is 9.84 Å². The van der Waals surface area contributed by atoms with E-state index in [-0.39, 0.29) is 29.8 Å². The monoisotopic (exact) mass is 370 g/mol. The topological polar surface area (TPSA) is 93.7 Å². The van der Waals surface area contributed by atoms with Crippen molar-refractivity contribution >= 4 is 10.9 Å².